The maximum absolute atomic E-state index is 11.7. The van der Waals surface area contributed by atoms with E-state index in [1.54, 1.807) is 24.9 Å². The van der Waals surface area contributed by atoms with Crippen LogP contribution in [0.2, 0.25) is 0 Å². The molecule has 0 bridgehead atoms. The van der Waals surface area contributed by atoms with Gasteiger partial charge < -0.3 is 24.8 Å². The highest BCUT2D eigenvalue weighted by atomic mass is 16.7. The number of aromatic nitrogens is 4. The molecule has 1 atom stereocenters. The van der Waals surface area contributed by atoms with Crippen molar-refractivity contribution in [3.05, 3.63) is 47.3 Å². The fourth-order valence-corrected chi connectivity index (χ4v) is 4.22. The third-order valence-corrected chi connectivity index (χ3v) is 5.71. The van der Waals surface area contributed by atoms with Gasteiger partial charge >= 0.3 is 6.03 Å². The van der Waals surface area contributed by atoms with Crippen LogP contribution in [0.25, 0.3) is 5.69 Å². The Morgan fingerprint density at radius 3 is 2.97 bits per heavy atom. The molecule has 3 heterocycles. The average Bonchev–Trinajstić information content (AvgIpc) is 3.47. The monoisotopic (exact) mass is 437 g/mol. The van der Waals surface area contributed by atoms with Crippen molar-refractivity contribution < 1.29 is 19.0 Å². The van der Waals surface area contributed by atoms with Crippen LogP contribution < -0.4 is 24.8 Å². The number of carbonyl (C=O) groups is 1. The lowest BCUT2D eigenvalue weighted by atomic mass is 9.90. The Morgan fingerprint density at radius 1 is 1.28 bits per heavy atom. The third kappa shape index (κ3) is 3.26. The lowest BCUT2D eigenvalue weighted by Crippen LogP contribution is -2.35. The number of likely N-dealkylation sites (N-methyl/N-ethyl adjacent to an activating group) is 1. The second-order valence-corrected chi connectivity index (χ2v) is 7.55. The number of ether oxygens (including phenoxy) is 3. The number of hydrogen-bond acceptors (Lipinski definition) is 8. The number of fused-ring (bicyclic) bond motifs is 2. The van der Waals surface area contributed by atoms with Crippen LogP contribution in [0, 0.1) is 0 Å². The zero-order chi connectivity index (χ0) is 22.2. The summed E-state index contributed by atoms with van der Waals surface area (Å²) in [6.07, 6.45) is 0.836. The minimum Gasteiger partial charge on any atom is -0.492 e. The predicted molar refractivity (Wildman–Crippen MR) is 115 cm³/mol. The maximum Gasteiger partial charge on any atom is 0.318 e. The first-order valence-electron chi connectivity index (χ1n) is 10.2. The van der Waals surface area contributed by atoms with Gasteiger partial charge in [-0.25, -0.2) is 4.79 Å². The minimum atomic E-state index is -0.305. The van der Waals surface area contributed by atoms with Gasteiger partial charge in [-0.2, -0.15) is 4.68 Å². The van der Waals surface area contributed by atoms with Gasteiger partial charge in [0.2, 0.25) is 12.5 Å². The summed E-state index contributed by atoms with van der Waals surface area (Å²) in [5, 5.41) is 17.9. The number of anilines is 1. The summed E-state index contributed by atoms with van der Waals surface area (Å²) in [4.78, 5) is 13.9. The second-order valence-electron chi connectivity index (χ2n) is 7.55. The second kappa shape index (κ2) is 8.00. The summed E-state index contributed by atoms with van der Waals surface area (Å²) in [5.41, 5.74) is 3.42. The fraction of sp³-hybridized carbons (Fsp3) is 0.333. The lowest BCUT2D eigenvalue weighted by Gasteiger charge is -2.34. The minimum absolute atomic E-state index is 0.165. The van der Waals surface area contributed by atoms with E-state index in [-0.39, 0.29) is 18.9 Å². The van der Waals surface area contributed by atoms with Crippen LogP contribution in [0.4, 0.5) is 10.5 Å². The van der Waals surface area contributed by atoms with E-state index in [4.69, 9.17) is 14.2 Å². The van der Waals surface area contributed by atoms with Crippen molar-refractivity contribution in [2.24, 2.45) is 0 Å². The van der Waals surface area contributed by atoms with Crippen molar-refractivity contribution in [3.8, 4) is 22.9 Å². The highest BCUT2D eigenvalue weighted by molar-refractivity contribution is 5.89. The number of urea groups is 1. The molecule has 2 aliphatic heterocycles. The molecule has 0 unspecified atom stereocenters. The van der Waals surface area contributed by atoms with Gasteiger partial charge in [0.05, 0.1) is 12.8 Å². The zero-order valence-electron chi connectivity index (χ0n) is 18.0. The van der Waals surface area contributed by atoms with E-state index in [1.807, 2.05) is 31.3 Å². The molecule has 2 aromatic carbocycles. The molecule has 0 spiro atoms. The van der Waals surface area contributed by atoms with Crippen molar-refractivity contribution >= 4 is 11.7 Å². The van der Waals surface area contributed by atoms with Crippen molar-refractivity contribution in [1.29, 1.82) is 0 Å². The van der Waals surface area contributed by atoms with Crippen LogP contribution in [-0.4, -0.2) is 65.7 Å². The van der Waals surface area contributed by atoms with Crippen molar-refractivity contribution in [2.45, 2.75) is 12.5 Å². The molecule has 11 nitrogen and oxygen atoms in total. The molecule has 166 valence electrons. The van der Waals surface area contributed by atoms with Gasteiger partial charge in [-0.1, -0.05) is 6.07 Å². The quantitative estimate of drug-likeness (QED) is 0.634. The van der Waals surface area contributed by atoms with Crippen molar-refractivity contribution in [2.75, 3.05) is 39.9 Å². The van der Waals surface area contributed by atoms with E-state index in [0.29, 0.717) is 28.8 Å². The van der Waals surface area contributed by atoms with Crippen molar-refractivity contribution in [1.82, 2.24) is 30.4 Å². The number of nitrogens with zero attached hydrogens (tertiary/aromatic N) is 5. The highest BCUT2D eigenvalue weighted by Gasteiger charge is 2.37. The van der Waals surface area contributed by atoms with Crippen LogP contribution in [0.15, 0.2) is 30.3 Å². The molecule has 0 aliphatic carbocycles. The van der Waals surface area contributed by atoms with Gasteiger partial charge in [-0.15, -0.1) is 5.10 Å². The first-order chi connectivity index (χ1) is 15.6. The number of carbonyl (C=O) groups excluding carboxylic acids is 1. The van der Waals surface area contributed by atoms with Gasteiger partial charge in [0.25, 0.3) is 0 Å². The Labute approximate surface area is 184 Å². The third-order valence-electron chi connectivity index (χ3n) is 5.71. The molecule has 2 aliphatic rings. The zero-order valence-corrected chi connectivity index (χ0v) is 18.0. The van der Waals surface area contributed by atoms with E-state index in [9.17, 15) is 4.79 Å². The van der Waals surface area contributed by atoms with Crippen LogP contribution in [0.5, 0.6) is 17.2 Å². The number of amides is 2. The predicted octanol–water partition coefficient (Wildman–Crippen LogP) is 1.73. The van der Waals surface area contributed by atoms with Crippen LogP contribution in [0.1, 0.15) is 23.0 Å². The smallest absolute Gasteiger partial charge is 0.318 e. The molecule has 0 fully saturated rings. The molecular formula is C21H23N7O4. The molecule has 2 N–H and O–H groups in total. The lowest BCUT2D eigenvalue weighted by molar-refractivity contribution is 0.170. The summed E-state index contributed by atoms with van der Waals surface area (Å²) in [7, 11) is 5.22. The number of rotatable bonds is 4. The average molecular weight is 437 g/mol. The Hall–Kier alpha value is -3.86. The van der Waals surface area contributed by atoms with E-state index in [0.717, 1.165) is 29.8 Å². The first kappa shape index (κ1) is 20.1. The molecular weight excluding hydrogens is 414 g/mol. The van der Waals surface area contributed by atoms with Gasteiger partial charge in [0.15, 0.2) is 17.3 Å². The van der Waals surface area contributed by atoms with Gasteiger partial charge in [0, 0.05) is 24.8 Å². The van der Waals surface area contributed by atoms with E-state index in [1.165, 1.54) is 0 Å². The number of hydrogen-bond donors (Lipinski definition) is 2. The Balaban J connectivity index is 1.61. The largest absolute Gasteiger partial charge is 0.492 e. The van der Waals surface area contributed by atoms with Gasteiger partial charge in [0.1, 0.15) is 6.04 Å². The van der Waals surface area contributed by atoms with Crippen LogP contribution >= 0.6 is 0 Å². The highest BCUT2D eigenvalue weighted by Crippen LogP contribution is 2.50. The number of tetrazole rings is 1. The maximum atomic E-state index is 11.7. The number of methoxy groups -OCH3 is 1. The molecule has 3 aromatic rings. The van der Waals surface area contributed by atoms with Gasteiger partial charge in [-0.05, 0) is 53.7 Å². The van der Waals surface area contributed by atoms with E-state index in [2.05, 4.69) is 31.1 Å². The molecule has 0 saturated carbocycles. The van der Waals surface area contributed by atoms with Crippen LogP contribution in [0.3, 0.4) is 0 Å². The van der Waals surface area contributed by atoms with Gasteiger partial charge in [-0.3, -0.25) is 4.90 Å². The summed E-state index contributed by atoms with van der Waals surface area (Å²) in [6, 6.07) is 8.78. The molecule has 2 amide bonds. The Morgan fingerprint density at radius 2 is 2.16 bits per heavy atom. The summed E-state index contributed by atoms with van der Waals surface area (Å²) in [6.45, 7) is 0.976. The molecule has 32 heavy (non-hydrogen) atoms. The molecule has 5 rings (SSSR count). The molecule has 0 radical (unpaired) electrons. The molecule has 1 aromatic heterocycles. The fourth-order valence-electron chi connectivity index (χ4n) is 4.22. The summed E-state index contributed by atoms with van der Waals surface area (Å²) >= 11 is 0. The first-order valence-corrected chi connectivity index (χ1v) is 10.2. The van der Waals surface area contributed by atoms with Crippen molar-refractivity contribution in [3.63, 3.8) is 0 Å². The number of benzene rings is 2. The Bertz CT molecular complexity index is 1180. The number of nitrogens with one attached hydrogen (secondary N) is 2. The van der Waals surface area contributed by atoms with E-state index < -0.39 is 0 Å². The normalized spacial score (nSPS) is 17.0. The standard InChI is InChI=1S/C21H23N7O4/c1-22-21(29)23-13-5-4-6-14(10-13)28-20(24-25-26-28)17-16-12(7-8-27(17)2)9-15-18(19(16)30-3)32-11-31-15/h4-6,9-10,17H,7-8,11H2,1-3H3,(H2,22,23,29)/t17-/m1/s1. The SMILES string of the molecule is CNC(=O)Nc1cccc(-n2nnnc2[C@H]2c3c(cc4c(c3OC)OCO4)CCN2C)c1. The molecule has 11 heteroatoms. The Kier molecular flexibility index (Phi) is 5.02. The molecule has 0 saturated heterocycles. The van der Waals surface area contributed by atoms with Crippen LogP contribution in [-0.2, 0) is 6.42 Å². The summed E-state index contributed by atoms with van der Waals surface area (Å²) < 4.78 is 18.8. The summed E-state index contributed by atoms with van der Waals surface area (Å²) in [5.74, 6) is 2.55. The van der Waals surface area contributed by atoms with E-state index >= 15 is 0 Å². The topological polar surface area (TPSA) is 116 Å².